The van der Waals surface area contributed by atoms with Crippen molar-refractivity contribution >= 4 is 39.5 Å². The van der Waals surface area contributed by atoms with Gasteiger partial charge in [-0.05, 0) is 89.9 Å². The van der Waals surface area contributed by atoms with E-state index in [0.29, 0.717) is 32.1 Å². The lowest BCUT2D eigenvalue weighted by atomic mass is 10.0. The van der Waals surface area contributed by atoms with Gasteiger partial charge < -0.3 is 33.8 Å². The molecule has 0 aromatic carbocycles. The van der Waals surface area contributed by atoms with Gasteiger partial charge in [0.15, 0.2) is 12.2 Å². The van der Waals surface area contributed by atoms with Crippen LogP contribution in [0.15, 0.2) is 72.9 Å². The number of phosphoric ester groups is 2. The first kappa shape index (κ1) is 90.5. The largest absolute Gasteiger partial charge is 0.472 e. The fraction of sp³-hybridized carbons (Fsp3) is 0.787. The van der Waals surface area contributed by atoms with Crippen LogP contribution < -0.4 is 0 Å². The molecule has 5 unspecified atom stereocenters. The number of phosphoric acid groups is 2. The number of hydrogen-bond donors (Lipinski definition) is 3. The summed E-state index contributed by atoms with van der Waals surface area (Å²) in [6, 6.07) is 0. The predicted molar refractivity (Wildman–Crippen MR) is 381 cm³/mol. The molecule has 546 valence electrons. The van der Waals surface area contributed by atoms with Crippen LogP contribution in [0.1, 0.15) is 323 Å². The highest BCUT2D eigenvalue weighted by molar-refractivity contribution is 7.47. The van der Waals surface area contributed by atoms with E-state index in [1.54, 1.807) is 0 Å². The highest BCUT2D eigenvalue weighted by atomic mass is 31.2. The molecule has 0 spiro atoms. The minimum Gasteiger partial charge on any atom is -0.462 e. The van der Waals surface area contributed by atoms with Gasteiger partial charge >= 0.3 is 39.5 Å². The first-order chi connectivity index (χ1) is 45.7. The summed E-state index contributed by atoms with van der Waals surface area (Å²) in [7, 11) is -9.94. The second kappa shape index (κ2) is 68.0. The summed E-state index contributed by atoms with van der Waals surface area (Å²) < 4.78 is 68.3. The molecule has 94 heavy (non-hydrogen) atoms. The molecule has 0 amide bonds. The molecule has 0 aliphatic carbocycles. The molecule has 0 heterocycles. The van der Waals surface area contributed by atoms with Crippen LogP contribution in [0.25, 0.3) is 0 Å². The SMILES string of the molecule is CC/C=C\C/C=C\C/C=C\C/C=C\C/C=C\CCCC(=O)OCC(COP(=O)(O)OCC(O)COP(=O)(O)OCC(COC(=O)CCCCCCC/C=C\CCCCCC)OC(=O)CCCCCCCCCCCCC)OC(=O)CCCCCCCCCCCCCCC. The van der Waals surface area contributed by atoms with Crippen molar-refractivity contribution in [2.45, 2.75) is 341 Å². The summed E-state index contributed by atoms with van der Waals surface area (Å²) in [5, 5.41) is 10.6. The van der Waals surface area contributed by atoms with Crippen LogP contribution in [0.4, 0.5) is 0 Å². The predicted octanol–water partition coefficient (Wildman–Crippen LogP) is 20.9. The molecule has 17 nitrogen and oxygen atoms in total. The third-order valence-corrected chi connectivity index (χ3v) is 17.6. The quantitative estimate of drug-likeness (QED) is 0.0169. The molecule has 5 atom stereocenters. The standard InChI is InChI=1S/C75H134O17P2/c1-5-9-13-17-21-25-29-32-33-34-35-38-41-44-48-52-56-60-73(78)86-66-71(92-75(80)62-58-54-50-46-42-37-31-27-23-19-15-11-7-3)68-90-94(83,84)88-64-69(76)63-87-93(81,82)89-67-70(91-74(79)61-57-53-49-45-39-28-24-20-16-12-8-4)65-85-72(77)59-55-51-47-43-40-36-30-26-22-18-14-10-6-2/h9,13,21,25-26,30,32-33,35,38,44,48,69-71,76H,5-8,10-12,14-20,22-24,27-29,31,34,36-37,39-43,45-47,49-68H2,1-4H3,(H,81,82)(H,83,84)/b13-9-,25-21-,30-26-,33-32-,38-35-,48-44-. The zero-order valence-electron chi connectivity index (χ0n) is 59.4. The monoisotopic (exact) mass is 1370 g/mol. The lowest BCUT2D eigenvalue weighted by Crippen LogP contribution is -2.30. The summed E-state index contributed by atoms with van der Waals surface area (Å²) in [5.74, 6) is -2.23. The Bertz CT molecular complexity index is 2070. The molecule has 0 fully saturated rings. The van der Waals surface area contributed by atoms with Crippen LogP contribution in [0.3, 0.4) is 0 Å². The average Bonchev–Trinajstić information content (AvgIpc) is 2.15. The molecule has 0 aliphatic heterocycles. The number of aliphatic hydroxyl groups excluding tert-OH is 1. The summed E-state index contributed by atoms with van der Waals surface area (Å²) >= 11 is 0. The number of rotatable bonds is 70. The van der Waals surface area contributed by atoms with E-state index in [-0.39, 0.29) is 25.7 Å². The van der Waals surface area contributed by atoms with Crippen LogP contribution in [0, 0.1) is 0 Å². The van der Waals surface area contributed by atoms with Crippen molar-refractivity contribution < 1.29 is 80.2 Å². The smallest absolute Gasteiger partial charge is 0.462 e. The third kappa shape index (κ3) is 67.1. The highest BCUT2D eigenvalue weighted by Gasteiger charge is 2.30. The van der Waals surface area contributed by atoms with Gasteiger partial charge in [0.05, 0.1) is 26.4 Å². The molecule has 0 aromatic heterocycles. The minimum absolute atomic E-state index is 0.0868. The topological polar surface area (TPSA) is 237 Å². The molecule has 0 saturated heterocycles. The highest BCUT2D eigenvalue weighted by Crippen LogP contribution is 2.45. The van der Waals surface area contributed by atoms with Gasteiger partial charge in [-0.3, -0.25) is 37.3 Å². The van der Waals surface area contributed by atoms with Gasteiger partial charge in [-0.2, -0.15) is 0 Å². The van der Waals surface area contributed by atoms with Gasteiger partial charge in [0.25, 0.3) is 0 Å². The van der Waals surface area contributed by atoms with E-state index < -0.39 is 97.5 Å². The number of esters is 4. The first-order valence-electron chi connectivity index (χ1n) is 37.2. The van der Waals surface area contributed by atoms with Gasteiger partial charge in [-0.1, -0.05) is 280 Å². The maximum absolute atomic E-state index is 13.0. The number of hydrogen-bond acceptors (Lipinski definition) is 15. The third-order valence-electron chi connectivity index (χ3n) is 15.7. The van der Waals surface area contributed by atoms with Crippen molar-refractivity contribution in [1.29, 1.82) is 0 Å². The van der Waals surface area contributed by atoms with Gasteiger partial charge in [0, 0.05) is 25.7 Å². The van der Waals surface area contributed by atoms with E-state index in [4.69, 9.17) is 37.0 Å². The van der Waals surface area contributed by atoms with E-state index >= 15 is 0 Å². The number of allylic oxidation sites excluding steroid dienone is 12. The fourth-order valence-corrected chi connectivity index (χ4v) is 11.6. The van der Waals surface area contributed by atoms with Gasteiger partial charge in [0.2, 0.25) is 0 Å². The van der Waals surface area contributed by atoms with E-state index in [9.17, 15) is 43.2 Å². The van der Waals surface area contributed by atoms with Gasteiger partial charge in [-0.25, -0.2) is 9.13 Å². The van der Waals surface area contributed by atoms with Crippen LogP contribution in [0.2, 0.25) is 0 Å². The summed E-state index contributed by atoms with van der Waals surface area (Å²) in [4.78, 5) is 72.6. The first-order valence-corrected chi connectivity index (χ1v) is 40.2. The van der Waals surface area contributed by atoms with E-state index in [2.05, 4.69) is 88.5 Å². The molecule has 0 aliphatic rings. The molecule has 0 radical (unpaired) electrons. The van der Waals surface area contributed by atoms with Crippen molar-refractivity contribution in [3.05, 3.63) is 72.9 Å². The maximum Gasteiger partial charge on any atom is 0.472 e. The Morgan fingerprint density at radius 2 is 0.564 bits per heavy atom. The Morgan fingerprint density at radius 3 is 0.915 bits per heavy atom. The number of carbonyl (C=O) groups excluding carboxylic acids is 4. The Balaban J connectivity index is 5.34. The lowest BCUT2D eigenvalue weighted by molar-refractivity contribution is -0.161. The van der Waals surface area contributed by atoms with Crippen molar-refractivity contribution in [1.82, 2.24) is 0 Å². The van der Waals surface area contributed by atoms with Crippen LogP contribution in [-0.2, 0) is 65.4 Å². The zero-order chi connectivity index (χ0) is 69.0. The van der Waals surface area contributed by atoms with E-state index in [1.807, 2.05) is 12.2 Å². The molecule has 0 aromatic rings. The van der Waals surface area contributed by atoms with Crippen molar-refractivity contribution in [3.8, 4) is 0 Å². The zero-order valence-corrected chi connectivity index (χ0v) is 61.2. The normalized spacial score (nSPS) is 14.4. The number of unbranched alkanes of at least 4 members (excludes halogenated alkanes) is 32. The van der Waals surface area contributed by atoms with E-state index in [0.717, 1.165) is 122 Å². The van der Waals surface area contributed by atoms with Gasteiger partial charge in [0.1, 0.15) is 19.3 Å². The van der Waals surface area contributed by atoms with Crippen molar-refractivity contribution in [2.75, 3.05) is 39.6 Å². The average molecular weight is 1370 g/mol. The Labute approximate surface area is 571 Å². The van der Waals surface area contributed by atoms with Gasteiger partial charge in [-0.15, -0.1) is 0 Å². The van der Waals surface area contributed by atoms with Crippen LogP contribution in [-0.4, -0.2) is 96.7 Å². The Kier molecular flexibility index (Phi) is 65.5. The minimum atomic E-state index is -4.98. The summed E-state index contributed by atoms with van der Waals surface area (Å²) in [6.45, 7) is 4.69. The molecule has 0 rings (SSSR count). The molecule has 0 bridgehead atoms. The number of ether oxygens (including phenoxy) is 4. The van der Waals surface area contributed by atoms with Crippen molar-refractivity contribution in [3.63, 3.8) is 0 Å². The Morgan fingerprint density at radius 1 is 0.309 bits per heavy atom. The summed E-state index contributed by atoms with van der Waals surface area (Å²) in [5.41, 5.74) is 0. The molecule has 19 heteroatoms. The molecular weight excluding hydrogens is 1230 g/mol. The molecule has 0 saturated carbocycles. The summed E-state index contributed by atoms with van der Waals surface area (Å²) in [6.07, 6.45) is 66.2. The number of carbonyl (C=O) groups is 4. The van der Waals surface area contributed by atoms with Crippen LogP contribution in [0.5, 0.6) is 0 Å². The molecular formula is C75H134O17P2. The second-order valence-corrected chi connectivity index (χ2v) is 27.8. The van der Waals surface area contributed by atoms with E-state index in [1.165, 1.54) is 116 Å². The second-order valence-electron chi connectivity index (χ2n) is 24.9. The van der Waals surface area contributed by atoms with Crippen LogP contribution >= 0.6 is 15.6 Å². The lowest BCUT2D eigenvalue weighted by Gasteiger charge is -2.21. The Hall–Kier alpha value is -3.50. The maximum atomic E-state index is 13.0. The number of aliphatic hydroxyl groups is 1. The van der Waals surface area contributed by atoms with Crippen molar-refractivity contribution in [2.24, 2.45) is 0 Å². The molecule has 3 N–H and O–H groups in total. The fourth-order valence-electron chi connectivity index (χ4n) is 10.0.